The zero-order chi connectivity index (χ0) is 13.5. The molecule has 18 heavy (non-hydrogen) atoms. The summed E-state index contributed by atoms with van der Waals surface area (Å²) in [6, 6.07) is 3.34. The van der Waals surface area contributed by atoms with Gasteiger partial charge in [0.1, 0.15) is 5.69 Å². The molecule has 0 saturated heterocycles. The summed E-state index contributed by atoms with van der Waals surface area (Å²) in [5.41, 5.74) is 0.788. The van der Waals surface area contributed by atoms with Crippen LogP contribution in [-0.2, 0) is 4.79 Å². The number of carboxylic acids is 1. The summed E-state index contributed by atoms with van der Waals surface area (Å²) < 4.78 is 0. The highest BCUT2D eigenvalue weighted by Crippen LogP contribution is 2.10. The third-order valence-corrected chi connectivity index (χ3v) is 2.50. The average molecular weight is 248 g/mol. The smallest absolute Gasteiger partial charge is 0.328 e. The molecule has 0 aliphatic heterocycles. The van der Waals surface area contributed by atoms with Gasteiger partial charge in [-0.2, -0.15) is 0 Å². The van der Waals surface area contributed by atoms with E-state index in [0.717, 1.165) is 6.08 Å². The number of rotatable bonds is 5. The largest absolute Gasteiger partial charge is 0.478 e. The van der Waals surface area contributed by atoms with Gasteiger partial charge in [-0.3, -0.25) is 9.78 Å². The summed E-state index contributed by atoms with van der Waals surface area (Å²) in [6.45, 7) is 4.95. The Bertz CT molecular complexity index is 465. The van der Waals surface area contributed by atoms with E-state index in [1.54, 1.807) is 17.0 Å². The summed E-state index contributed by atoms with van der Waals surface area (Å²) in [7, 11) is 0. The van der Waals surface area contributed by atoms with Crippen LogP contribution >= 0.6 is 0 Å². The van der Waals surface area contributed by atoms with Crippen molar-refractivity contribution in [1.29, 1.82) is 0 Å². The number of hydrogen-bond donors (Lipinski definition) is 1. The fourth-order valence-corrected chi connectivity index (χ4v) is 1.55. The number of pyridine rings is 1. The zero-order valence-corrected chi connectivity index (χ0v) is 10.5. The lowest BCUT2D eigenvalue weighted by atomic mass is 10.1. The molecule has 0 unspecified atom stereocenters. The van der Waals surface area contributed by atoms with Crippen LogP contribution in [0.3, 0.4) is 0 Å². The second-order valence-electron chi connectivity index (χ2n) is 3.59. The minimum absolute atomic E-state index is 0.189. The lowest BCUT2D eigenvalue weighted by Gasteiger charge is -2.18. The monoisotopic (exact) mass is 248 g/mol. The summed E-state index contributed by atoms with van der Waals surface area (Å²) >= 11 is 0. The topological polar surface area (TPSA) is 70.5 Å². The van der Waals surface area contributed by atoms with E-state index in [1.807, 2.05) is 13.8 Å². The quantitative estimate of drug-likeness (QED) is 0.804. The molecule has 5 heteroatoms. The van der Waals surface area contributed by atoms with Crippen molar-refractivity contribution in [3.8, 4) is 0 Å². The van der Waals surface area contributed by atoms with Crippen molar-refractivity contribution >= 4 is 18.0 Å². The molecule has 0 bridgehead atoms. The predicted molar refractivity (Wildman–Crippen MR) is 68.2 cm³/mol. The molecular weight excluding hydrogens is 232 g/mol. The van der Waals surface area contributed by atoms with Crippen molar-refractivity contribution < 1.29 is 14.7 Å². The first kappa shape index (κ1) is 13.9. The van der Waals surface area contributed by atoms with Crippen LogP contribution in [0.5, 0.6) is 0 Å². The molecule has 1 rings (SSSR count). The first-order valence-electron chi connectivity index (χ1n) is 5.75. The number of carbonyl (C=O) groups excluding carboxylic acids is 1. The first-order valence-corrected chi connectivity index (χ1v) is 5.75. The second-order valence-corrected chi connectivity index (χ2v) is 3.59. The Balaban J connectivity index is 3.08. The Labute approximate surface area is 106 Å². The lowest BCUT2D eigenvalue weighted by Crippen LogP contribution is -2.31. The van der Waals surface area contributed by atoms with Crippen molar-refractivity contribution in [2.45, 2.75) is 13.8 Å². The van der Waals surface area contributed by atoms with Crippen LogP contribution in [0.25, 0.3) is 6.08 Å². The van der Waals surface area contributed by atoms with Crippen LogP contribution in [-0.4, -0.2) is 40.0 Å². The van der Waals surface area contributed by atoms with Gasteiger partial charge in [-0.25, -0.2) is 4.79 Å². The highest BCUT2D eigenvalue weighted by molar-refractivity contribution is 5.97. The van der Waals surface area contributed by atoms with Crippen molar-refractivity contribution in [3.05, 3.63) is 35.7 Å². The fraction of sp³-hybridized carbons (Fsp3) is 0.308. The van der Waals surface area contributed by atoms with Crippen molar-refractivity contribution in [2.75, 3.05) is 13.1 Å². The summed E-state index contributed by atoms with van der Waals surface area (Å²) in [5.74, 6) is -1.24. The summed E-state index contributed by atoms with van der Waals surface area (Å²) in [4.78, 5) is 28.3. The van der Waals surface area contributed by atoms with Gasteiger partial charge in [0.15, 0.2) is 0 Å². The van der Waals surface area contributed by atoms with Gasteiger partial charge < -0.3 is 10.0 Å². The van der Waals surface area contributed by atoms with Gasteiger partial charge in [0, 0.05) is 30.9 Å². The predicted octanol–water partition coefficient (Wildman–Crippen LogP) is 1.66. The van der Waals surface area contributed by atoms with Crippen LogP contribution in [0.1, 0.15) is 29.9 Å². The second kappa shape index (κ2) is 6.54. The van der Waals surface area contributed by atoms with Crippen LogP contribution < -0.4 is 0 Å². The molecule has 0 aliphatic carbocycles. The fourth-order valence-electron chi connectivity index (χ4n) is 1.55. The van der Waals surface area contributed by atoms with Gasteiger partial charge in [0.25, 0.3) is 5.91 Å². The maximum Gasteiger partial charge on any atom is 0.328 e. The molecule has 0 spiro atoms. The molecule has 0 atom stereocenters. The molecular formula is C13H16N2O3. The maximum absolute atomic E-state index is 12.2. The number of aliphatic carboxylic acids is 1. The van der Waals surface area contributed by atoms with Gasteiger partial charge in [0.05, 0.1) is 0 Å². The van der Waals surface area contributed by atoms with Gasteiger partial charge in [-0.1, -0.05) is 6.07 Å². The van der Waals surface area contributed by atoms with Crippen LogP contribution in [0.15, 0.2) is 24.4 Å². The average Bonchev–Trinajstić information content (AvgIpc) is 2.38. The van der Waals surface area contributed by atoms with Gasteiger partial charge in [0.2, 0.25) is 0 Å². The minimum atomic E-state index is -1.06. The minimum Gasteiger partial charge on any atom is -0.478 e. The Morgan fingerprint density at radius 3 is 2.61 bits per heavy atom. The number of nitrogens with zero attached hydrogens (tertiary/aromatic N) is 2. The number of carbonyl (C=O) groups is 2. The summed E-state index contributed by atoms with van der Waals surface area (Å²) in [5, 5.41) is 8.60. The highest BCUT2D eigenvalue weighted by atomic mass is 16.4. The highest BCUT2D eigenvalue weighted by Gasteiger charge is 2.16. The molecule has 1 aromatic rings. The molecule has 1 N–H and O–H groups in total. The van der Waals surface area contributed by atoms with Crippen LogP contribution in [0, 0.1) is 0 Å². The standard InChI is InChI=1S/C13H16N2O3/c1-3-15(4-2)13(18)12-10(6-5-9-14-12)7-8-11(16)17/h5-9H,3-4H2,1-2H3,(H,16,17)/b8-7+. The Morgan fingerprint density at radius 2 is 2.06 bits per heavy atom. The zero-order valence-electron chi connectivity index (χ0n) is 10.5. The molecule has 0 aliphatic rings. The summed E-state index contributed by atoms with van der Waals surface area (Å²) in [6.07, 6.45) is 3.90. The normalized spacial score (nSPS) is 10.6. The molecule has 1 aromatic heterocycles. The number of amides is 1. The van der Waals surface area contributed by atoms with E-state index in [1.165, 1.54) is 12.3 Å². The van der Waals surface area contributed by atoms with E-state index in [2.05, 4.69) is 4.98 Å². The molecule has 96 valence electrons. The molecule has 5 nitrogen and oxygen atoms in total. The molecule has 0 saturated carbocycles. The third kappa shape index (κ3) is 3.41. The van der Waals surface area contributed by atoms with Crippen molar-refractivity contribution in [1.82, 2.24) is 9.88 Å². The third-order valence-electron chi connectivity index (χ3n) is 2.50. The van der Waals surface area contributed by atoms with Crippen molar-refractivity contribution in [3.63, 3.8) is 0 Å². The van der Waals surface area contributed by atoms with Gasteiger partial charge >= 0.3 is 5.97 Å². The van der Waals surface area contributed by atoms with Crippen LogP contribution in [0.2, 0.25) is 0 Å². The Hall–Kier alpha value is -2.17. The number of hydrogen-bond acceptors (Lipinski definition) is 3. The van der Waals surface area contributed by atoms with E-state index < -0.39 is 5.97 Å². The number of aromatic nitrogens is 1. The molecule has 1 amide bonds. The SMILES string of the molecule is CCN(CC)C(=O)c1ncccc1/C=C/C(=O)O. The van der Waals surface area contributed by atoms with E-state index in [4.69, 9.17) is 5.11 Å². The van der Waals surface area contributed by atoms with Crippen LogP contribution in [0.4, 0.5) is 0 Å². The maximum atomic E-state index is 12.2. The van der Waals surface area contributed by atoms with E-state index >= 15 is 0 Å². The Kier molecular flexibility index (Phi) is 5.05. The van der Waals surface area contributed by atoms with E-state index in [-0.39, 0.29) is 11.6 Å². The molecule has 0 aromatic carbocycles. The molecule has 1 heterocycles. The molecule has 0 fully saturated rings. The van der Waals surface area contributed by atoms with Gasteiger partial charge in [-0.15, -0.1) is 0 Å². The van der Waals surface area contributed by atoms with Gasteiger partial charge in [-0.05, 0) is 26.0 Å². The van der Waals surface area contributed by atoms with Crippen molar-refractivity contribution in [2.24, 2.45) is 0 Å². The lowest BCUT2D eigenvalue weighted by molar-refractivity contribution is -0.131. The van der Waals surface area contributed by atoms with E-state index in [0.29, 0.717) is 18.7 Å². The molecule has 0 radical (unpaired) electrons. The Morgan fingerprint density at radius 1 is 1.39 bits per heavy atom. The number of carboxylic acid groups (broad SMARTS) is 1. The van der Waals surface area contributed by atoms with E-state index in [9.17, 15) is 9.59 Å². The first-order chi connectivity index (χ1) is 8.60.